The average molecular weight is 282 g/mol. The number of benzene rings is 1. The maximum Gasteiger partial charge on any atom is 0.221 e. The number of carbonyl (C=O) groups is 1. The summed E-state index contributed by atoms with van der Waals surface area (Å²) in [5.41, 5.74) is 6.61. The van der Waals surface area contributed by atoms with Gasteiger partial charge < -0.3 is 11.1 Å². The third-order valence-corrected chi connectivity index (χ3v) is 3.58. The molecule has 104 valence electrons. The van der Waals surface area contributed by atoms with Gasteiger partial charge in [-0.3, -0.25) is 9.69 Å². The predicted octanol–water partition coefficient (Wildman–Crippen LogP) is 1.38. The van der Waals surface area contributed by atoms with Crippen LogP contribution in [0.1, 0.15) is 18.4 Å². The summed E-state index contributed by atoms with van der Waals surface area (Å²) in [6.07, 6.45) is 1.41. The van der Waals surface area contributed by atoms with E-state index in [-0.39, 0.29) is 11.9 Å². The first kappa shape index (κ1) is 14.3. The molecule has 0 aromatic heterocycles. The lowest BCUT2D eigenvalue weighted by atomic mass is 10.2. The summed E-state index contributed by atoms with van der Waals surface area (Å²) in [6, 6.07) is 8.16. The summed E-state index contributed by atoms with van der Waals surface area (Å²) in [6.45, 7) is 3.22. The van der Waals surface area contributed by atoms with Crippen LogP contribution in [0.4, 0.5) is 0 Å². The molecule has 5 heteroatoms. The van der Waals surface area contributed by atoms with Gasteiger partial charge in [0.25, 0.3) is 0 Å². The molecule has 1 atom stereocenters. The number of nitrogens with zero attached hydrogens (tertiary/aromatic N) is 1. The Morgan fingerprint density at radius 3 is 2.84 bits per heavy atom. The topological polar surface area (TPSA) is 58.4 Å². The van der Waals surface area contributed by atoms with Gasteiger partial charge in [-0.15, -0.1) is 0 Å². The number of rotatable bonds is 5. The van der Waals surface area contributed by atoms with E-state index in [2.05, 4.69) is 10.2 Å². The van der Waals surface area contributed by atoms with Crippen molar-refractivity contribution < 1.29 is 4.79 Å². The van der Waals surface area contributed by atoms with Crippen LogP contribution in [0.3, 0.4) is 0 Å². The van der Waals surface area contributed by atoms with Crippen molar-refractivity contribution >= 4 is 17.5 Å². The Balaban J connectivity index is 1.78. The quantitative estimate of drug-likeness (QED) is 0.857. The number of halogens is 1. The van der Waals surface area contributed by atoms with E-state index < -0.39 is 0 Å². The van der Waals surface area contributed by atoms with Crippen molar-refractivity contribution in [3.63, 3.8) is 0 Å². The number of nitrogens with one attached hydrogen (secondary N) is 1. The van der Waals surface area contributed by atoms with Crippen LogP contribution in [0.15, 0.2) is 24.3 Å². The predicted molar refractivity (Wildman–Crippen MR) is 76.9 cm³/mol. The fraction of sp³-hybridized carbons (Fsp3) is 0.500. The smallest absolute Gasteiger partial charge is 0.221 e. The molecule has 1 aliphatic heterocycles. The molecule has 3 N–H and O–H groups in total. The largest absolute Gasteiger partial charge is 0.352 e. The molecule has 1 saturated heterocycles. The van der Waals surface area contributed by atoms with Crippen molar-refractivity contribution in [1.29, 1.82) is 0 Å². The molecule has 1 heterocycles. The molecule has 19 heavy (non-hydrogen) atoms. The Labute approximate surface area is 118 Å². The van der Waals surface area contributed by atoms with E-state index in [1.165, 1.54) is 5.56 Å². The van der Waals surface area contributed by atoms with Gasteiger partial charge in [-0.1, -0.05) is 23.7 Å². The molecule has 0 spiro atoms. The van der Waals surface area contributed by atoms with Crippen LogP contribution >= 0.6 is 11.6 Å². The van der Waals surface area contributed by atoms with E-state index in [1.807, 2.05) is 24.3 Å². The molecule has 1 fully saturated rings. The zero-order chi connectivity index (χ0) is 13.7. The Morgan fingerprint density at radius 2 is 2.16 bits per heavy atom. The number of amides is 1. The molecule has 1 aromatic carbocycles. The van der Waals surface area contributed by atoms with Crippen molar-refractivity contribution in [2.45, 2.75) is 25.4 Å². The number of carbonyl (C=O) groups excluding carboxylic acids is 1. The summed E-state index contributed by atoms with van der Waals surface area (Å²) in [4.78, 5) is 13.8. The summed E-state index contributed by atoms with van der Waals surface area (Å²) < 4.78 is 0. The van der Waals surface area contributed by atoms with Crippen LogP contribution in [0.5, 0.6) is 0 Å². The summed E-state index contributed by atoms with van der Waals surface area (Å²) >= 11 is 5.87. The second-order valence-electron chi connectivity index (χ2n) is 4.95. The minimum Gasteiger partial charge on any atom is -0.352 e. The summed E-state index contributed by atoms with van der Waals surface area (Å²) in [7, 11) is 0. The van der Waals surface area contributed by atoms with Crippen LogP contribution in [0.25, 0.3) is 0 Å². The van der Waals surface area contributed by atoms with Gasteiger partial charge in [0.1, 0.15) is 0 Å². The van der Waals surface area contributed by atoms with Gasteiger partial charge in [0.15, 0.2) is 0 Å². The SMILES string of the molecule is NCCC(=O)N[C@@H]1CCN(Cc2ccc(Cl)cc2)C1. The zero-order valence-corrected chi connectivity index (χ0v) is 11.7. The van der Waals surface area contributed by atoms with E-state index in [1.54, 1.807) is 0 Å². The first-order valence-corrected chi connectivity index (χ1v) is 7.01. The van der Waals surface area contributed by atoms with E-state index in [9.17, 15) is 4.79 Å². The standard InChI is InChI=1S/C14H20ClN3O/c15-12-3-1-11(2-4-12)9-18-8-6-13(10-18)17-14(19)5-7-16/h1-4,13H,5-10,16H2,(H,17,19)/t13-/m1/s1. The van der Waals surface area contributed by atoms with E-state index in [0.29, 0.717) is 13.0 Å². The van der Waals surface area contributed by atoms with E-state index >= 15 is 0 Å². The first-order valence-electron chi connectivity index (χ1n) is 6.63. The fourth-order valence-corrected chi connectivity index (χ4v) is 2.50. The summed E-state index contributed by atoms with van der Waals surface area (Å²) in [5.74, 6) is 0.0563. The van der Waals surface area contributed by atoms with Crippen molar-refractivity contribution in [2.24, 2.45) is 5.73 Å². The van der Waals surface area contributed by atoms with Crippen molar-refractivity contribution in [3.05, 3.63) is 34.9 Å². The van der Waals surface area contributed by atoms with Gasteiger partial charge in [0.05, 0.1) is 0 Å². The molecular weight excluding hydrogens is 262 g/mol. The normalized spacial score (nSPS) is 19.6. The molecule has 0 radical (unpaired) electrons. The van der Waals surface area contributed by atoms with Crippen LogP contribution < -0.4 is 11.1 Å². The number of hydrogen-bond donors (Lipinski definition) is 2. The van der Waals surface area contributed by atoms with Gasteiger partial charge in [-0.2, -0.15) is 0 Å². The second-order valence-corrected chi connectivity index (χ2v) is 5.39. The lowest BCUT2D eigenvalue weighted by molar-refractivity contribution is -0.121. The highest BCUT2D eigenvalue weighted by Crippen LogP contribution is 2.15. The maximum atomic E-state index is 11.5. The van der Waals surface area contributed by atoms with Gasteiger partial charge in [-0.25, -0.2) is 0 Å². The van der Waals surface area contributed by atoms with Crippen LogP contribution in [0.2, 0.25) is 5.02 Å². The maximum absolute atomic E-state index is 11.5. The van der Waals surface area contributed by atoms with Crippen molar-refractivity contribution in [3.8, 4) is 0 Å². The van der Waals surface area contributed by atoms with Gasteiger partial charge in [0.2, 0.25) is 5.91 Å². The van der Waals surface area contributed by atoms with Crippen LogP contribution in [-0.4, -0.2) is 36.5 Å². The van der Waals surface area contributed by atoms with Crippen LogP contribution in [-0.2, 0) is 11.3 Å². The third kappa shape index (κ3) is 4.49. The second kappa shape index (κ2) is 6.89. The van der Waals surface area contributed by atoms with Gasteiger partial charge >= 0.3 is 0 Å². The minimum absolute atomic E-state index is 0.0563. The lowest BCUT2D eigenvalue weighted by Gasteiger charge is -2.16. The molecule has 0 aliphatic carbocycles. The Bertz CT molecular complexity index is 421. The van der Waals surface area contributed by atoms with E-state index in [0.717, 1.165) is 31.1 Å². The third-order valence-electron chi connectivity index (χ3n) is 3.33. The average Bonchev–Trinajstić information content (AvgIpc) is 2.80. The monoisotopic (exact) mass is 281 g/mol. The minimum atomic E-state index is 0.0563. The lowest BCUT2D eigenvalue weighted by Crippen LogP contribution is -2.37. The van der Waals surface area contributed by atoms with Crippen molar-refractivity contribution in [1.82, 2.24) is 10.2 Å². The van der Waals surface area contributed by atoms with E-state index in [4.69, 9.17) is 17.3 Å². The van der Waals surface area contributed by atoms with Crippen LogP contribution in [0, 0.1) is 0 Å². The molecule has 0 saturated carbocycles. The van der Waals surface area contributed by atoms with Gasteiger partial charge in [-0.05, 0) is 24.1 Å². The zero-order valence-electron chi connectivity index (χ0n) is 10.9. The number of hydrogen-bond acceptors (Lipinski definition) is 3. The molecule has 1 amide bonds. The van der Waals surface area contributed by atoms with Crippen molar-refractivity contribution in [2.75, 3.05) is 19.6 Å². The molecule has 2 rings (SSSR count). The number of nitrogens with two attached hydrogens (primary N) is 1. The highest BCUT2D eigenvalue weighted by molar-refractivity contribution is 6.30. The number of likely N-dealkylation sites (tertiary alicyclic amines) is 1. The molecule has 4 nitrogen and oxygen atoms in total. The molecule has 1 aromatic rings. The highest BCUT2D eigenvalue weighted by atomic mass is 35.5. The Kier molecular flexibility index (Phi) is 5.19. The first-order chi connectivity index (χ1) is 9.17. The fourth-order valence-electron chi connectivity index (χ4n) is 2.37. The Hall–Kier alpha value is -1.10. The molecule has 1 aliphatic rings. The Morgan fingerprint density at radius 1 is 1.42 bits per heavy atom. The summed E-state index contributed by atoms with van der Waals surface area (Å²) in [5, 5.41) is 3.78. The molecule has 0 unspecified atom stereocenters. The molecular formula is C14H20ClN3O. The molecule has 0 bridgehead atoms. The highest BCUT2D eigenvalue weighted by Gasteiger charge is 2.23. The van der Waals surface area contributed by atoms with Gasteiger partial charge in [0, 0.05) is 43.7 Å².